The molecule has 2 heterocycles. The van der Waals surface area contributed by atoms with Crippen LogP contribution in [0, 0.1) is 0 Å². The Morgan fingerprint density at radius 2 is 1.63 bits per heavy atom. The molecule has 4 rings (SSSR count). The van der Waals surface area contributed by atoms with Crippen molar-refractivity contribution < 1.29 is 18.1 Å². The minimum Gasteiger partial charge on any atom is -0.344 e. The van der Waals surface area contributed by atoms with Crippen molar-refractivity contribution in [3.63, 3.8) is 0 Å². The number of aryl methyl sites for hydroxylation is 1. The zero-order valence-electron chi connectivity index (χ0n) is 17.8. The maximum Gasteiger partial charge on any atom is 0.282 e. The Kier molecular flexibility index (Phi) is 7.08. The van der Waals surface area contributed by atoms with Gasteiger partial charge < -0.3 is 10.2 Å². The lowest BCUT2D eigenvalue weighted by atomic mass is 9.88. The van der Waals surface area contributed by atoms with E-state index in [0.29, 0.717) is 45.8 Å². The Morgan fingerprint density at radius 3 is 2.37 bits per heavy atom. The summed E-state index contributed by atoms with van der Waals surface area (Å²) in [6, 6.07) is 8.48. The Bertz CT molecular complexity index is 829. The highest BCUT2D eigenvalue weighted by atomic mass is 32.2. The van der Waals surface area contributed by atoms with Crippen molar-refractivity contribution >= 4 is 16.1 Å². The van der Waals surface area contributed by atoms with E-state index in [-0.39, 0.29) is 11.9 Å². The number of nitrogens with zero attached hydrogens (tertiary/aromatic N) is 2. The van der Waals surface area contributed by atoms with Crippen molar-refractivity contribution in [2.75, 3.05) is 45.8 Å². The minimum atomic E-state index is -3.36. The highest BCUT2D eigenvalue weighted by Crippen LogP contribution is 2.29. The molecule has 166 valence electrons. The van der Waals surface area contributed by atoms with Gasteiger partial charge in [-0.25, -0.2) is 0 Å². The molecule has 8 heteroatoms. The van der Waals surface area contributed by atoms with Gasteiger partial charge in [0.25, 0.3) is 16.1 Å². The Balaban J connectivity index is 1.27. The minimum absolute atomic E-state index is 0.0653. The molecule has 1 atom stereocenters. The molecule has 1 unspecified atom stereocenters. The summed E-state index contributed by atoms with van der Waals surface area (Å²) < 4.78 is 29.2. The molecule has 2 saturated heterocycles. The normalized spacial score (nSPS) is 24.7. The molecule has 1 aromatic carbocycles. The summed E-state index contributed by atoms with van der Waals surface area (Å²) in [6.07, 6.45) is 7.31. The molecule has 0 radical (unpaired) electrons. The number of carbonyl (C=O) groups excluding carboxylic acids is 1. The van der Waals surface area contributed by atoms with Crippen molar-refractivity contribution in [1.82, 2.24) is 13.9 Å². The van der Waals surface area contributed by atoms with Gasteiger partial charge in [0.05, 0.1) is 32.2 Å². The van der Waals surface area contributed by atoms with Crippen molar-refractivity contribution in [3.05, 3.63) is 35.4 Å². The predicted molar refractivity (Wildman–Crippen MR) is 116 cm³/mol. The standard InChI is InChI=1S/C22H34N4O3S/c27-22(23-21-11-7-9-19-8-3-4-10-20(19)21)18-24-14-16-26(17-15-24)30(28,29)25-12-5-1-2-6-13-25/h3-4,8,10,21H,1-2,5-7,9,11-18H2,(H,23,27)/p+1. The average Bonchev–Trinajstić information content (AvgIpc) is 3.05. The Morgan fingerprint density at radius 1 is 0.967 bits per heavy atom. The summed E-state index contributed by atoms with van der Waals surface area (Å²) in [5, 5.41) is 3.22. The summed E-state index contributed by atoms with van der Waals surface area (Å²) in [5.41, 5.74) is 2.59. The lowest BCUT2D eigenvalue weighted by molar-refractivity contribution is -0.895. The molecule has 0 aromatic heterocycles. The third-order valence-electron chi connectivity index (χ3n) is 6.76. The van der Waals surface area contributed by atoms with Gasteiger partial charge in [-0.3, -0.25) is 4.79 Å². The van der Waals surface area contributed by atoms with Crippen molar-refractivity contribution in [2.45, 2.75) is 51.0 Å². The molecule has 0 spiro atoms. The lowest BCUT2D eigenvalue weighted by Crippen LogP contribution is -3.15. The molecular formula is C22H35N4O3S+. The molecule has 0 saturated carbocycles. The smallest absolute Gasteiger partial charge is 0.282 e. The first-order chi connectivity index (χ1) is 14.5. The fourth-order valence-corrected chi connectivity index (χ4v) is 6.71. The van der Waals surface area contributed by atoms with Gasteiger partial charge >= 0.3 is 0 Å². The van der Waals surface area contributed by atoms with Crippen LogP contribution < -0.4 is 10.2 Å². The van der Waals surface area contributed by atoms with Crippen LogP contribution in [-0.2, 0) is 21.4 Å². The largest absolute Gasteiger partial charge is 0.344 e. The second-order valence-electron chi connectivity index (χ2n) is 8.86. The monoisotopic (exact) mass is 435 g/mol. The number of carbonyl (C=O) groups is 1. The van der Waals surface area contributed by atoms with Crippen molar-refractivity contribution in [1.29, 1.82) is 0 Å². The van der Waals surface area contributed by atoms with Crippen LogP contribution >= 0.6 is 0 Å². The molecule has 2 fully saturated rings. The topological polar surface area (TPSA) is 74.2 Å². The van der Waals surface area contributed by atoms with Gasteiger partial charge in [0.2, 0.25) is 0 Å². The molecule has 7 nitrogen and oxygen atoms in total. The summed E-state index contributed by atoms with van der Waals surface area (Å²) in [7, 11) is -3.36. The molecule has 3 aliphatic rings. The molecule has 1 aliphatic carbocycles. The number of benzene rings is 1. The van der Waals surface area contributed by atoms with Gasteiger partial charge in [-0.05, 0) is 43.2 Å². The fourth-order valence-electron chi connectivity index (χ4n) is 5.02. The van der Waals surface area contributed by atoms with E-state index < -0.39 is 10.2 Å². The first kappa shape index (κ1) is 21.7. The van der Waals surface area contributed by atoms with E-state index in [1.165, 1.54) is 16.0 Å². The Hall–Kier alpha value is -1.48. The van der Waals surface area contributed by atoms with Crippen LogP contribution in [0.25, 0.3) is 0 Å². The highest BCUT2D eigenvalue weighted by molar-refractivity contribution is 7.86. The number of piperazine rings is 1. The van der Waals surface area contributed by atoms with Gasteiger partial charge in [0.1, 0.15) is 0 Å². The van der Waals surface area contributed by atoms with Crippen LogP contribution in [0.3, 0.4) is 0 Å². The molecule has 0 bridgehead atoms. The van der Waals surface area contributed by atoms with Crippen LogP contribution in [-0.4, -0.2) is 68.7 Å². The van der Waals surface area contributed by atoms with Gasteiger partial charge in [-0.2, -0.15) is 17.0 Å². The number of rotatable bonds is 5. The van der Waals surface area contributed by atoms with Crippen LogP contribution in [0.5, 0.6) is 0 Å². The van der Waals surface area contributed by atoms with Crippen molar-refractivity contribution in [3.8, 4) is 0 Å². The average molecular weight is 436 g/mol. The number of amides is 1. The van der Waals surface area contributed by atoms with E-state index in [1.54, 1.807) is 8.61 Å². The van der Waals surface area contributed by atoms with E-state index >= 15 is 0 Å². The first-order valence-electron chi connectivity index (χ1n) is 11.5. The van der Waals surface area contributed by atoms with E-state index in [4.69, 9.17) is 0 Å². The predicted octanol–water partition coefficient (Wildman–Crippen LogP) is 0.502. The summed E-state index contributed by atoms with van der Waals surface area (Å²) in [4.78, 5) is 13.8. The Labute approximate surface area is 180 Å². The second-order valence-corrected chi connectivity index (χ2v) is 10.8. The van der Waals surface area contributed by atoms with Crippen LogP contribution in [0.1, 0.15) is 55.7 Å². The van der Waals surface area contributed by atoms with E-state index in [2.05, 4.69) is 23.5 Å². The molecular weight excluding hydrogens is 400 g/mol. The number of fused-ring (bicyclic) bond motifs is 1. The second kappa shape index (κ2) is 9.77. The number of nitrogens with one attached hydrogen (secondary N) is 2. The zero-order chi connectivity index (χ0) is 21.0. The maximum atomic E-state index is 13.0. The quantitative estimate of drug-likeness (QED) is 0.708. The first-order valence-corrected chi connectivity index (χ1v) is 12.9. The van der Waals surface area contributed by atoms with E-state index in [1.807, 2.05) is 6.07 Å². The third kappa shape index (κ3) is 5.04. The van der Waals surface area contributed by atoms with Crippen molar-refractivity contribution in [2.24, 2.45) is 0 Å². The SMILES string of the molecule is O=C(C[NH+]1CCN(S(=O)(=O)N2CCCCCC2)CC1)NC1CCCc2ccccc21. The molecule has 1 amide bonds. The van der Waals surface area contributed by atoms with Gasteiger partial charge in [-0.1, -0.05) is 37.1 Å². The van der Waals surface area contributed by atoms with Gasteiger partial charge in [0, 0.05) is 13.1 Å². The van der Waals surface area contributed by atoms with E-state index in [0.717, 1.165) is 44.9 Å². The summed E-state index contributed by atoms with van der Waals surface area (Å²) in [5.74, 6) is 0.0653. The zero-order valence-corrected chi connectivity index (χ0v) is 18.6. The maximum absolute atomic E-state index is 13.0. The van der Waals surface area contributed by atoms with Gasteiger partial charge in [0.15, 0.2) is 6.54 Å². The summed E-state index contributed by atoms with van der Waals surface area (Å²) in [6.45, 7) is 4.04. The molecule has 1 aromatic rings. The van der Waals surface area contributed by atoms with E-state index in [9.17, 15) is 13.2 Å². The molecule has 2 aliphatic heterocycles. The fraction of sp³-hybridized carbons (Fsp3) is 0.682. The highest BCUT2D eigenvalue weighted by Gasteiger charge is 2.34. The number of quaternary nitrogens is 1. The number of hydrogen-bond acceptors (Lipinski definition) is 3. The third-order valence-corrected chi connectivity index (χ3v) is 8.80. The van der Waals surface area contributed by atoms with Crippen LogP contribution in [0.15, 0.2) is 24.3 Å². The lowest BCUT2D eigenvalue weighted by Gasteiger charge is -2.34. The van der Waals surface area contributed by atoms with Crippen LogP contribution in [0.2, 0.25) is 0 Å². The molecule has 30 heavy (non-hydrogen) atoms. The van der Waals surface area contributed by atoms with Crippen LogP contribution in [0.4, 0.5) is 0 Å². The number of hydrogen-bond donors (Lipinski definition) is 2. The van der Waals surface area contributed by atoms with Gasteiger partial charge in [-0.15, -0.1) is 0 Å². The molecule has 2 N–H and O–H groups in total. The summed E-state index contributed by atoms with van der Waals surface area (Å²) >= 11 is 0.